The van der Waals surface area contributed by atoms with Gasteiger partial charge >= 0.3 is 5.97 Å². The Balaban J connectivity index is 2.07. The number of carboxylic acid groups (broad SMARTS) is 1. The molecule has 1 aliphatic rings. The number of hydrogen-bond acceptors (Lipinski definition) is 4. The number of carboxylic acids is 1. The molecule has 0 fully saturated rings. The quantitative estimate of drug-likeness (QED) is 0.787. The molecule has 0 bridgehead atoms. The summed E-state index contributed by atoms with van der Waals surface area (Å²) in [5.41, 5.74) is 0. The van der Waals surface area contributed by atoms with Crippen LogP contribution in [0, 0.1) is 5.92 Å². The highest BCUT2D eigenvalue weighted by Crippen LogP contribution is 2.18. The molecule has 6 nitrogen and oxygen atoms in total. The highest BCUT2D eigenvalue weighted by atomic mass is 16.5. The van der Waals surface area contributed by atoms with Crippen LogP contribution in [0.2, 0.25) is 0 Å². The summed E-state index contributed by atoms with van der Waals surface area (Å²) in [5.74, 6) is 0.465. The van der Waals surface area contributed by atoms with Gasteiger partial charge in [0.2, 0.25) is 0 Å². The highest BCUT2D eigenvalue weighted by Gasteiger charge is 2.26. The monoisotopic (exact) mass is 225 g/mol. The minimum Gasteiger partial charge on any atom is -0.481 e. The average Bonchev–Trinajstić information content (AvgIpc) is 2.67. The van der Waals surface area contributed by atoms with E-state index < -0.39 is 5.97 Å². The smallest absolute Gasteiger partial charge is 0.307 e. The highest BCUT2D eigenvalue weighted by molar-refractivity contribution is 5.70. The molecule has 0 aliphatic carbocycles. The molecule has 1 N–H and O–H groups in total. The van der Waals surface area contributed by atoms with Gasteiger partial charge in [-0.25, -0.2) is 9.67 Å². The average molecular weight is 225 g/mol. The molecular formula is C10H15N3O3. The summed E-state index contributed by atoms with van der Waals surface area (Å²) in [6.45, 7) is 1.23. The maximum Gasteiger partial charge on any atom is 0.307 e. The fourth-order valence-corrected chi connectivity index (χ4v) is 1.87. The van der Waals surface area contributed by atoms with Crippen molar-refractivity contribution in [1.29, 1.82) is 0 Å². The number of nitrogens with zero attached hydrogens (tertiary/aromatic N) is 3. The van der Waals surface area contributed by atoms with Gasteiger partial charge in [0.1, 0.15) is 5.82 Å². The van der Waals surface area contributed by atoms with Crippen molar-refractivity contribution in [3.8, 4) is 0 Å². The molecule has 0 saturated heterocycles. The molecule has 1 aliphatic heterocycles. The number of aryl methyl sites for hydroxylation is 1. The molecule has 2 rings (SSSR count). The van der Waals surface area contributed by atoms with Crippen LogP contribution in [0.25, 0.3) is 0 Å². The Bertz CT molecular complexity index is 389. The second kappa shape index (κ2) is 4.61. The summed E-state index contributed by atoms with van der Waals surface area (Å²) in [4.78, 5) is 15.2. The van der Waals surface area contributed by atoms with E-state index in [-0.39, 0.29) is 5.92 Å². The van der Waals surface area contributed by atoms with E-state index in [1.165, 1.54) is 0 Å². The predicted octanol–water partition coefficient (Wildman–Crippen LogP) is 0.114. The van der Waals surface area contributed by atoms with E-state index in [0.717, 1.165) is 11.6 Å². The zero-order valence-electron chi connectivity index (χ0n) is 9.22. The Morgan fingerprint density at radius 3 is 3.19 bits per heavy atom. The Kier molecular flexibility index (Phi) is 3.19. The number of aromatic nitrogens is 3. The predicted molar refractivity (Wildman–Crippen MR) is 55.0 cm³/mol. The Hall–Kier alpha value is -1.43. The zero-order valence-corrected chi connectivity index (χ0v) is 9.22. The molecule has 0 radical (unpaired) electrons. The number of hydrogen-bond donors (Lipinski definition) is 1. The first kappa shape index (κ1) is 11.1. The van der Waals surface area contributed by atoms with Crippen molar-refractivity contribution < 1.29 is 14.6 Å². The molecule has 16 heavy (non-hydrogen) atoms. The lowest BCUT2D eigenvalue weighted by molar-refractivity contribution is -0.142. The van der Waals surface area contributed by atoms with Crippen LogP contribution in [0.5, 0.6) is 0 Å². The van der Waals surface area contributed by atoms with Crippen LogP contribution in [0.1, 0.15) is 18.1 Å². The summed E-state index contributed by atoms with van der Waals surface area (Å²) in [6, 6.07) is 0. The number of rotatable bonds is 4. The van der Waals surface area contributed by atoms with Crippen LogP contribution in [0.15, 0.2) is 0 Å². The van der Waals surface area contributed by atoms with Crippen molar-refractivity contribution in [2.75, 3.05) is 13.7 Å². The van der Waals surface area contributed by atoms with Gasteiger partial charge in [-0.15, -0.1) is 0 Å². The van der Waals surface area contributed by atoms with Crippen LogP contribution < -0.4 is 0 Å². The van der Waals surface area contributed by atoms with E-state index in [2.05, 4.69) is 10.1 Å². The third-order valence-electron chi connectivity index (χ3n) is 2.79. The molecule has 1 unspecified atom stereocenters. The third-order valence-corrected chi connectivity index (χ3v) is 2.79. The number of methoxy groups -OCH3 is 1. The molecule has 2 heterocycles. The fraction of sp³-hybridized carbons (Fsp3) is 0.700. The first-order valence-corrected chi connectivity index (χ1v) is 5.35. The van der Waals surface area contributed by atoms with E-state index in [4.69, 9.17) is 9.84 Å². The van der Waals surface area contributed by atoms with Gasteiger partial charge in [0.05, 0.1) is 12.5 Å². The molecular weight excluding hydrogens is 210 g/mol. The molecule has 0 aromatic carbocycles. The van der Waals surface area contributed by atoms with Crippen LogP contribution in [-0.2, 0) is 28.9 Å². The topological polar surface area (TPSA) is 77.2 Å². The molecule has 0 amide bonds. The largest absolute Gasteiger partial charge is 0.481 e. The Labute approximate surface area is 93.2 Å². The van der Waals surface area contributed by atoms with Crippen LogP contribution in [-0.4, -0.2) is 39.6 Å². The molecule has 6 heteroatoms. The standard InChI is InChI=1S/C10H15N3O3/c1-16-5-3-8-11-9-6-7(10(14)15)2-4-13(9)12-8/h7H,2-6H2,1H3,(H,14,15). The van der Waals surface area contributed by atoms with E-state index in [1.807, 2.05) is 4.68 Å². The molecule has 0 saturated carbocycles. The van der Waals surface area contributed by atoms with Crippen molar-refractivity contribution in [2.24, 2.45) is 5.92 Å². The van der Waals surface area contributed by atoms with Crippen molar-refractivity contribution in [1.82, 2.24) is 14.8 Å². The minimum absolute atomic E-state index is 0.313. The lowest BCUT2D eigenvalue weighted by Crippen LogP contribution is -2.26. The number of fused-ring (bicyclic) bond motifs is 1. The van der Waals surface area contributed by atoms with Gasteiger partial charge in [-0.2, -0.15) is 5.10 Å². The van der Waals surface area contributed by atoms with Crippen molar-refractivity contribution in [2.45, 2.75) is 25.8 Å². The second-order valence-corrected chi connectivity index (χ2v) is 3.94. The van der Waals surface area contributed by atoms with E-state index >= 15 is 0 Å². The summed E-state index contributed by atoms with van der Waals surface area (Å²) in [5, 5.41) is 13.2. The zero-order chi connectivity index (χ0) is 11.5. The normalized spacial score (nSPS) is 19.4. The van der Waals surface area contributed by atoms with Gasteiger partial charge in [0.15, 0.2) is 5.82 Å². The van der Waals surface area contributed by atoms with Crippen molar-refractivity contribution in [3.63, 3.8) is 0 Å². The maximum absolute atomic E-state index is 10.9. The summed E-state index contributed by atoms with van der Waals surface area (Å²) in [6.07, 6.45) is 1.79. The van der Waals surface area contributed by atoms with Crippen LogP contribution >= 0.6 is 0 Å². The van der Waals surface area contributed by atoms with Gasteiger partial charge in [0, 0.05) is 26.5 Å². The minimum atomic E-state index is -0.743. The Morgan fingerprint density at radius 2 is 2.50 bits per heavy atom. The van der Waals surface area contributed by atoms with Crippen LogP contribution in [0.3, 0.4) is 0 Å². The van der Waals surface area contributed by atoms with Gasteiger partial charge in [-0.05, 0) is 6.42 Å². The Morgan fingerprint density at radius 1 is 1.69 bits per heavy atom. The fourth-order valence-electron chi connectivity index (χ4n) is 1.87. The van der Waals surface area contributed by atoms with E-state index in [9.17, 15) is 4.79 Å². The first-order chi connectivity index (χ1) is 7.70. The summed E-state index contributed by atoms with van der Waals surface area (Å²) >= 11 is 0. The summed E-state index contributed by atoms with van der Waals surface area (Å²) in [7, 11) is 1.64. The van der Waals surface area contributed by atoms with Crippen molar-refractivity contribution in [3.05, 3.63) is 11.6 Å². The number of aliphatic carboxylic acids is 1. The number of carbonyl (C=O) groups is 1. The molecule has 1 atom stereocenters. The van der Waals surface area contributed by atoms with E-state index in [1.54, 1.807) is 7.11 Å². The van der Waals surface area contributed by atoms with Gasteiger partial charge < -0.3 is 9.84 Å². The molecule has 88 valence electrons. The van der Waals surface area contributed by atoms with Gasteiger partial charge in [-0.1, -0.05) is 0 Å². The van der Waals surface area contributed by atoms with E-state index in [0.29, 0.717) is 32.4 Å². The maximum atomic E-state index is 10.9. The van der Waals surface area contributed by atoms with Crippen LogP contribution in [0.4, 0.5) is 0 Å². The molecule has 1 aromatic heterocycles. The second-order valence-electron chi connectivity index (χ2n) is 3.94. The van der Waals surface area contributed by atoms with Crippen molar-refractivity contribution >= 4 is 5.97 Å². The lowest BCUT2D eigenvalue weighted by atomic mass is 9.98. The molecule has 0 spiro atoms. The SMILES string of the molecule is COCCc1nc2n(n1)CCC(C(=O)O)C2. The van der Waals surface area contributed by atoms with Gasteiger partial charge in [-0.3, -0.25) is 4.79 Å². The third kappa shape index (κ3) is 2.21. The number of ether oxygens (including phenoxy) is 1. The summed E-state index contributed by atoms with van der Waals surface area (Å²) < 4.78 is 6.76. The van der Waals surface area contributed by atoms with Gasteiger partial charge in [0.25, 0.3) is 0 Å². The first-order valence-electron chi connectivity index (χ1n) is 5.35. The molecule has 1 aromatic rings. The lowest BCUT2D eigenvalue weighted by Gasteiger charge is -2.17.